The van der Waals surface area contributed by atoms with Crippen molar-refractivity contribution in [3.63, 3.8) is 0 Å². The minimum absolute atomic E-state index is 0.0866. The van der Waals surface area contributed by atoms with Crippen molar-refractivity contribution in [2.75, 3.05) is 26.2 Å². The average molecular weight is 640 g/mol. The Morgan fingerprint density at radius 3 is 2.20 bits per heavy atom. The van der Waals surface area contributed by atoms with Crippen LogP contribution in [-0.2, 0) is 34.5 Å². The van der Waals surface area contributed by atoms with Gasteiger partial charge in [-0.3, -0.25) is 9.59 Å². The first-order valence-corrected chi connectivity index (χ1v) is 15.2. The molecule has 1 saturated heterocycles. The first-order chi connectivity index (χ1) is 21.5. The van der Waals surface area contributed by atoms with Gasteiger partial charge in [-0.15, -0.1) is 0 Å². The molecular weight excluding hydrogens is 602 g/mol. The van der Waals surface area contributed by atoms with Gasteiger partial charge in [0.2, 0.25) is 5.60 Å². The molecule has 0 aromatic heterocycles. The van der Waals surface area contributed by atoms with E-state index in [0.717, 1.165) is 32.5 Å². The van der Waals surface area contributed by atoms with E-state index >= 15 is 0 Å². The van der Waals surface area contributed by atoms with E-state index in [4.69, 9.17) is 25.8 Å². The number of phenols is 1. The number of cyclic esters (lactones) is 2. The summed E-state index contributed by atoms with van der Waals surface area (Å²) in [5, 5.41) is 28.3. The van der Waals surface area contributed by atoms with E-state index in [2.05, 4.69) is 18.7 Å². The summed E-state index contributed by atoms with van der Waals surface area (Å²) < 4.78 is 18.5. The quantitative estimate of drug-likeness (QED) is 0.134. The number of hydrogen-bond acceptors (Lipinski definition) is 9. The molecule has 1 aliphatic heterocycles. The molecular formula is C34H38ClNO9. The molecule has 0 aliphatic carbocycles. The van der Waals surface area contributed by atoms with Crippen molar-refractivity contribution in [3.05, 3.63) is 95.6 Å². The number of nitrogens with zero attached hydrogens (tertiary/aromatic N) is 1. The fraction of sp³-hybridized carbons (Fsp3) is 0.382. The van der Waals surface area contributed by atoms with Crippen LogP contribution >= 0.6 is 11.6 Å². The molecule has 0 spiro atoms. The Hall–Kier alpha value is -4.12. The number of phenolic OH excluding ortho intramolecular Hbond substituents is 1. The molecule has 11 heteroatoms. The Balaban J connectivity index is 1.92. The fourth-order valence-electron chi connectivity index (χ4n) is 5.54. The molecule has 240 valence electrons. The van der Waals surface area contributed by atoms with Gasteiger partial charge in [0.15, 0.2) is 5.60 Å². The molecule has 3 unspecified atom stereocenters. The van der Waals surface area contributed by atoms with Crippen molar-refractivity contribution in [2.45, 2.75) is 55.8 Å². The number of alkyl halides is 1. The number of benzene rings is 3. The lowest BCUT2D eigenvalue weighted by atomic mass is 9.76. The molecule has 3 N–H and O–H groups in total. The number of carbonyl (C=O) groups is 3. The summed E-state index contributed by atoms with van der Waals surface area (Å²) in [7, 11) is 0. The Bertz CT molecular complexity index is 1480. The van der Waals surface area contributed by atoms with Crippen molar-refractivity contribution in [1.82, 2.24) is 4.90 Å². The second-order valence-electron chi connectivity index (χ2n) is 10.9. The van der Waals surface area contributed by atoms with Crippen LogP contribution < -0.4 is 4.74 Å². The summed E-state index contributed by atoms with van der Waals surface area (Å²) in [6.45, 7) is 7.32. The van der Waals surface area contributed by atoms with E-state index in [-0.39, 0.29) is 22.4 Å². The molecule has 0 radical (unpaired) electrons. The number of aromatic hydroxyl groups is 1. The van der Waals surface area contributed by atoms with Crippen molar-refractivity contribution in [3.8, 4) is 11.5 Å². The molecule has 1 aliphatic rings. The highest BCUT2D eigenvalue weighted by Gasteiger charge is 2.65. The predicted molar refractivity (Wildman–Crippen MR) is 166 cm³/mol. The Morgan fingerprint density at radius 2 is 1.56 bits per heavy atom. The second kappa shape index (κ2) is 14.3. The zero-order chi connectivity index (χ0) is 32.7. The average Bonchev–Trinajstić information content (AvgIpc) is 3.02. The van der Waals surface area contributed by atoms with Crippen LogP contribution in [0, 0.1) is 0 Å². The normalized spacial score (nSPS) is 23.5. The van der Waals surface area contributed by atoms with Gasteiger partial charge in [-0.25, -0.2) is 4.79 Å². The number of carboxylic acid groups (broad SMARTS) is 1. The molecule has 3 aromatic carbocycles. The molecule has 10 nitrogen and oxygen atoms in total. The van der Waals surface area contributed by atoms with Gasteiger partial charge in [-0.1, -0.05) is 86.1 Å². The fourth-order valence-corrected chi connectivity index (χ4v) is 5.99. The molecule has 4 rings (SSSR count). The second-order valence-corrected chi connectivity index (χ2v) is 11.4. The number of hydrogen-bond donors (Lipinski definition) is 3. The molecule has 3 aromatic rings. The lowest BCUT2D eigenvalue weighted by Gasteiger charge is -2.48. The Labute approximate surface area is 267 Å². The topological polar surface area (TPSA) is 143 Å². The first-order valence-electron chi connectivity index (χ1n) is 14.9. The van der Waals surface area contributed by atoms with E-state index < -0.39 is 47.0 Å². The number of ether oxygens (including phenoxy) is 3. The van der Waals surface area contributed by atoms with Gasteiger partial charge in [-0.05, 0) is 50.7 Å². The zero-order valence-corrected chi connectivity index (χ0v) is 26.0. The van der Waals surface area contributed by atoms with Crippen molar-refractivity contribution in [1.29, 1.82) is 0 Å². The van der Waals surface area contributed by atoms with Crippen LogP contribution in [0.1, 0.15) is 56.2 Å². The van der Waals surface area contributed by atoms with Crippen LogP contribution in [0.25, 0.3) is 0 Å². The highest BCUT2D eigenvalue weighted by Crippen LogP contribution is 2.57. The minimum atomic E-state index is -2.76. The lowest BCUT2D eigenvalue weighted by Crippen LogP contribution is -2.58. The maximum Gasteiger partial charge on any atom is 0.341 e. The highest BCUT2D eigenvalue weighted by molar-refractivity contribution is 6.25. The van der Waals surface area contributed by atoms with Gasteiger partial charge < -0.3 is 34.4 Å². The number of para-hydroxylation sites is 1. The maximum absolute atomic E-state index is 13.7. The number of halogens is 1. The monoisotopic (exact) mass is 639 g/mol. The summed E-state index contributed by atoms with van der Waals surface area (Å²) in [5.74, 6) is -3.86. The molecule has 3 atom stereocenters. The third-order valence-corrected chi connectivity index (χ3v) is 8.48. The van der Waals surface area contributed by atoms with Gasteiger partial charge >= 0.3 is 17.9 Å². The zero-order valence-electron chi connectivity index (χ0n) is 25.3. The van der Waals surface area contributed by atoms with Crippen LogP contribution in [-0.4, -0.2) is 70.0 Å². The highest BCUT2D eigenvalue weighted by atomic mass is 35.5. The maximum atomic E-state index is 13.7. The van der Waals surface area contributed by atoms with Crippen LogP contribution in [0.15, 0.2) is 78.9 Å². The van der Waals surface area contributed by atoms with E-state index in [1.165, 1.54) is 24.3 Å². The molecule has 45 heavy (non-hydrogen) atoms. The summed E-state index contributed by atoms with van der Waals surface area (Å²) in [6, 6.07) is 20.5. The molecule has 1 heterocycles. The van der Waals surface area contributed by atoms with Gasteiger partial charge in [0.25, 0.3) is 5.06 Å². The van der Waals surface area contributed by atoms with Crippen molar-refractivity contribution in [2.24, 2.45) is 0 Å². The number of carboxylic acids is 1. The van der Waals surface area contributed by atoms with Crippen LogP contribution in [0.4, 0.5) is 0 Å². The minimum Gasteiger partial charge on any atom is -0.508 e. The number of unbranched alkanes of at least 4 members (excludes halogenated alkanes) is 1. The van der Waals surface area contributed by atoms with Crippen molar-refractivity contribution >= 4 is 29.5 Å². The number of carbonyl (C=O) groups excluding carboxylic acids is 2. The number of aliphatic carboxylic acids is 1. The Morgan fingerprint density at radius 1 is 0.911 bits per heavy atom. The van der Waals surface area contributed by atoms with Gasteiger partial charge in [0, 0.05) is 16.7 Å². The van der Waals surface area contributed by atoms with Gasteiger partial charge in [-0.2, -0.15) is 0 Å². The first kappa shape index (κ1) is 33.8. The third-order valence-electron chi connectivity index (χ3n) is 7.92. The SMILES string of the molecule is CCN(CC)CCCCOc1ccccc1C1(c2ccc(O)cc2)OC(=O)CC(O)(CC(=O)O)C(=O)OC1(Cl)c1ccccc1. The summed E-state index contributed by atoms with van der Waals surface area (Å²) in [6.07, 6.45) is -0.542. The largest absolute Gasteiger partial charge is 0.508 e. The number of rotatable bonds is 13. The lowest BCUT2D eigenvalue weighted by molar-refractivity contribution is -0.219. The van der Waals surface area contributed by atoms with Crippen LogP contribution in [0.3, 0.4) is 0 Å². The van der Waals surface area contributed by atoms with E-state index in [1.807, 2.05) is 0 Å². The van der Waals surface area contributed by atoms with E-state index in [9.17, 15) is 29.7 Å². The summed E-state index contributed by atoms with van der Waals surface area (Å²) in [4.78, 5) is 41.3. The molecule has 0 bridgehead atoms. The number of aliphatic hydroxyl groups is 1. The van der Waals surface area contributed by atoms with E-state index in [0.29, 0.717) is 12.4 Å². The Kier molecular flexibility index (Phi) is 10.7. The van der Waals surface area contributed by atoms with Gasteiger partial charge in [0.05, 0.1) is 19.4 Å². The number of esters is 2. The smallest absolute Gasteiger partial charge is 0.341 e. The standard InChI is InChI=1S/C34H38ClNO9/c1-3-36(4-2)20-10-11-21-43-28-15-9-8-14-27(28)33(24-16-18-26(37)19-17-24)34(35,25-12-6-5-7-13-25)45-31(41)32(42,22-29(38)39)23-30(40)44-33/h5-9,12-19,37,42H,3-4,10-11,20-23H2,1-2H3,(H,38,39). The van der Waals surface area contributed by atoms with Crippen LogP contribution in [0.2, 0.25) is 0 Å². The van der Waals surface area contributed by atoms with E-state index in [1.54, 1.807) is 54.6 Å². The third kappa shape index (κ3) is 7.08. The molecule has 0 amide bonds. The molecule has 1 fully saturated rings. The predicted octanol–water partition coefficient (Wildman–Crippen LogP) is 4.92. The van der Waals surface area contributed by atoms with Crippen molar-refractivity contribution < 1.29 is 43.9 Å². The summed E-state index contributed by atoms with van der Waals surface area (Å²) >= 11 is 7.45. The molecule has 0 saturated carbocycles. The van der Waals surface area contributed by atoms with Crippen LogP contribution in [0.5, 0.6) is 11.5 Å². The van der Waals surface area contributed by atoms with Gasteiger partial charge in [0.1, 0.15) is 11.5 Å². The summed E-state index contributed by atoms with van der Waals surface area (Å²) in [5.41, 5.74) is -4.32.